The van der Waals surface area contributed by atoms with Crippen LogP contribution in [0.15, 0.2) is 134 Å². The van der Waals surface area contributed by atoms with Gasteiger partial charge in [-0.3, -0.25) is 14.4 Å². The van der Waals surface area contributed by atoms with E-state index in [2.05, 4.69) is 57.2 Å². The normalized spacial score (nSPS) is 13.3. The molecule has 63 heavy (non-hydrogen) atoms. The number of esters is 3. The summed E-state index contributed by atoms with van der Waals surface area (Å²) in [5.74, 6) is -1.02. The van der Waals surface area contributed by atoms with E-state index < -0.39 is 6.10 Å². The highest BCUT2D eigenvalue weighted by Gasteiger charge is 2.19. The second kappa shape index (κ2) is 50.2. The number of rotatable bonds is 42. The molecule has 6 nitrogen and oxygen atoms in total. The Morgan fingerprint density at radius 1 is 0.333 bits per heavy atom. The molecule has 6 heteroatoms. The van der Waals surface area contributed by atoms with E-state index in [1.165, 1.54) is 64.2 Å². The van der Waals surface area contributed by atoms with Gasteiger partial charge in [0.25, 0.3) is 0 Å². The molecule has 352 valence electrons. The maximum absolute atomic E-state index is 12.8. The first-order chi connectivity index (χ1) is 31.0. The maximum Gasteiger partial charge on any atom is 0.306 e. The fourth-order valence-corrected chi connectivity index (χ4v) is 6.18. The first-order valence-corrected chi connectivity index (χ1v) is 24.8. The van der Waals surface area contributed by atoms with Crippen molar-refractivity contribution in [1.82, 2.24) is 0 Å². The average molecular weight is 869 g/mol. The largest absolute Gasteiger partial charge is 0.462 e. The highest BCUT2D eigenvalue weighted by molar-refractivity contribution is 5.71. The van der Waals surface area contributed by atoms with Gasteiger partial charge in [0, 0.05) is 19.3 Å². The SMILES string of the molecule is CC\C=C/C=C\C=C/C=C\C=C/CCCCCC(=O)OCC(COC(=O)CCCCCCCCC/C=C\CCCCCC)OC(=O)CCCCC\C=C/C=C\C=C/C=C\C=C/CC. The van der Waals surface area contributed by atoms with Crippen LogP contribution < -0.4 is 0 Å². The zero-order valence-electron chi connectivity index (χ0n) is 40.0. The predicted octanol–water partition coefficient (Wildman–Crippen LogP) is 16.3. The number of allylic oxidation sites excluding steroid dienone is 22. The molecule has 0 aliphatic rings. The van der Waals surface area contributed by atoms with Gasteiger partial charge < -0.3 is 14.2 Å². The Kier molecular flexibility index (Phi) is 46.7. The molecule has 0 aliphatic heterocycles. The summed E-state index contributed by atoms with van der Waals surface area (Å²) in [6.45, 7) is 6.23. The van der Waals surface area contributed by atoms with Crippen LogP contribution in [0, 0.1) is 0 Å². The lowest BCUT2D eigenvalue weighted by Gasteiger charge is -2.18. The van der Waals surface area contributed by atoms with Crippen LogP contribution in [0.5, 0.6) is 0 Å². The summed E-state index contributed by atoms with van der Waals surface area (Å²) in [5, 5.41) is 0. The third-order valence-electron chi connectivity index (χ3n) is 9.88. The van der Waals surface area contributed by atoms with Crippen molar-refractivity contribution in [2.75, 3.05) is 13.2 Å². The molecule has 0 amide bonds. The molecule has 0 aromatic rings. The van der Waals surface area contributed by atoms with Gasteiger partial charge in [-0.25, -0.2) is 0 Å². The quantitative estimate of drug-likeness (QED) is 0.0200. The Balaban J connectivity index is 4.58. The molecule has 0 bridgehead atoms. The summed E-state index contributed by atoms with van der Waals surface area (Å²) >= 11 is 0. The third-order valence-corrected chi connectivity index (χ3v) is 9.88. The van der Waals surface area contributed by atoms with Crippen LogP contribution in [0.3, 0.4) is 0 Å². The molecule has 0 fully saturated rings. The lowest BCUT2D eigenvalue weighted by atomic mass is 10.1. The van der Waals surface area contributed by atoms with Crippen molar-refractivity contribution in [3.05, 3.63) is 134 Å². The lowest BCUT2D eigenvalue weighted by molar-refractivity contribution is -0.167. The van der Waals surface area contributed by atoms with E-state index in [1.54, 1.807) is 0 Å². The highest BCUT2D eigenvalue weighted by Crippen LogP contribution is 2.13. The van der Waals surface area contributed by atoms with Gasteiger partial charge in [-0.15, -0.1) is 0 Å². The topological polar surface area (TPSA) is 78.9 Å². The molecule has 0 aliphatic carbocycles. The molecule has 1 unspecified atom stereocenters. The summed E-state index contributed by atoms with van der Waals surface area (Å²) in [4.78, 5) is 37.9. The first kappa shape index (κ1) is 58.6. The zero-order valence-corrected chi connectivity index (χ0v) is 40.0. The number of hydrogen-bond donors (Lipinski definition) is 0. The van der Waals surface area contributed by atoms with Gasteiger partial charge in [0.05, 0.1) is 0 Å². The van der Waals surface area contributed by atoms with Crippen LogP contribution in [0.25, 0.3) is 0 Å². The van der Waals surface area contributed by atoms with Crippen LogP contribution in [-0.4, -0.2) is 37.2 Å². The molecule has 0 aromatic carbocycles. The summed E-state index contributed by atoms with van der Waals surface area (Å²) < 4.78 is 16.7. The van der Waals surface area contributed by atoms with Crippen LogP contribution in [0.1, 0.15) is 188 Å². The van der Waals surface area contributed by atoms with Gasteiger partial charge in [0.2, 0.25) is 0 Å². The monoisotopic (exact) mass is 869 g/mol. The van der Waals surface area contributed by atoms with Crippen molar-refractivity contribution in [2.24, 2.45) is 0 Å². The minimum atomic E-state index is -0.824. The molecule has 0 saturated carbocycles. The predicted molar refractivity (Wildman–Crippen MR) is 269 cm³/mol. The molecule has 0 N–H and O–H groups in total. The van der Waals surface area contributed by atoms with Gasteiger partial charge in [0.1, 0.15) is 13.2 Å². The second-order valence-electron chi connectivity index (χ2n) is 15.8. The Hall–Kier alpha value is -4.45. The highest BCUT2D eigenvalue weighted by atomic mass is 16.6. The standard InChI is InChI=1S/C57H88O6/c1-4-7-10-13-16-19-22-25-28-31-34-37-40-43-46-49-55(58)61-52-54(63-57(60)51-48-45-42-39-36-33-30-27-24-21-18-15-12-9-6-3)53-62-56(59)50-47-44-41-38-35-32-29-26-23-20-17-14-11-8-5-2/h7,9-10,12-13,15-16,18-25,27-28,30-31,33-34,36,54H,4-6,8,11,14,17,26,29,32,35,37-53H2,1-3H3/b10-7-,12-9-,16-13-,18-15-,22-19-,23-20-,24-21-,28-25-,30-27-,34-31-,36-33-. The van der Waals surface area contributed by atoms with Crippen molar-refractivity contribution >= 4 is 17.9 Å². The van der Waals surface area contributed by atoms with Gasteiger partial charge in [-0.05, 0) is 83.5 Å². The molecule has 0 spiro atoms. The van der Waals surface area contributed by atoms with Gasteiger partial charge >= 0.3 is 17.9 Å². The smallest absolute Gasteiger partial charge is 0.306 e. The Morgan fingerprint density at radius 2 is 0.635 bits per heavy atom. The van der Waals surface area contributed by atoms with E-state index >= 15 is 0 Å². The van der Waals surface area contributed by atoms with E-state index in [-0.39, 0.29) is 37.5 Å². The molecular formula is C57H88O6. The number of carbonyl (C=O) groups is 3. The zero-order chi connectivity index (χ0) is 45.8. The Bertz CT molecular complexity index is 1420. The van der Waals surface area contributed by atoms with E-state index in [4.69, 9.17) is 14.2 Å². The average Bonchev–Trinajstić information content (AvgIpc) is 3.28. The van der Waals surface area contributed by atoms with Crippen molar-refractivity contribution in [3.63, 3.8) is 0 Å². The fraction of sp³-hybridized carbons (Fsp3) is 0.561. The van der Waals surface area contributed by atoms with Gasteiger partial charge in [-0.1, -0.05) is 219 Å². The molecule has 0 saturated heterocycles. The molecule has 1 atom stereocenters. The van der Waals surface area contributed by atoms with Crippen molar-refractivity contribution in [2.45, 2.75) is 194 Å². The number of ether oxygens (including phenoxy) is 3. The maximum atomic E-state index is 12.8. The van der Waals surface area contributed by atoms with Crippen LogP contribution in [-0.2, 0) is 28.6 Å². The van der Waals surface area contributed by atoms with Crippen molar-refractivity contribution in [1.29, 1.82) is 0 Å². The van der Waals surface area contributed by atoms with E-state index in [1.807, 2.05) is 97.2 Å². The minimum absolute atomic E-state index is 0.117. The minimum Gasteiger partial charge on any atom is -0.462 e. The Labute approximate surface area is 385 Å². The van der Waals surface area contributed by atoms with Crippen LogP contribution >= 0.6 is 0 Å². The number of carbonyl (C=O) groups excluding carboxylic acids is 3. The van der Waals surface area contributed by atoms with Crippen LogP contribution in [0.4, 0.5) is 0 Å². The fourth-order valence-electron chi connectivity index (χ4n) is 6.18. The molecule has 0 heterocycles. The molecule has 0 radical (unpaired) electrons. The molecular weight excluding hydrogens is 781 g/mol. The van der Waals surface area contributed by atoms with Crippen LogP contribution in [0.2, 0.25) is 0 Å². The van der Waals surface area contributed by atoms with E-state index in [0.29, 0.717) is 19.3 Å². The Morgan fingerprint density at radius 3 is 1.03 bits per heavy atom. The summed E-state index contributed by atoms with van der Waals surface area (Å²) in [6.07, 6.45) is 70.0. The summed E-state index contributed by atoms with van der Waals surface area (Å²) in [7, 11) is 0. The lowest BCUT2D eigenvalue weighted by Crippen LogP contribution is -2.30. The van der Waals surface area contributed by atoms with E-state index in [9.17, 15) is 14.4 Å². The summed E-state index contributed by atoms with van der Waals surface area (Å²) in [6, 6.07) is 0. The van der Waals surface area contributed by atoms with Crippen molar-refractivity contribution < 1.29 is 28.6 Å². The number of unbranched alkanes of at least 4 members (excludes halogenated alkanes) is 17. The second-order valence-corrected chi connectivity index (χ2v) is 15.8. The first-order valence-electron chi connectivity index (χ1n) is 24.8. The summed E-state index contributed by atoms with van der Waals surface area (Å²) in [5.41, 5.74) is 0. The van der Waals surface area contributed by atoms with Gasteiger partial charge in [0.15, 0.2) is 6.10 Å². The van der Waals surface area contributed by atoms with E-state index in [0.717, 1.165) is 77.0 Å². The molecule has 0 rings (SSSR count). The third kappa shape index (κ3) is 48.4. The number of hydrogen-bond acceptors (Lipinski definition) is 6. The molecule has 0 aromatic heterocycles. The van der Waals surface area contributed by atoms with Gasteiger partial charge in [-0.2, -0.15) is 0 Å². The van der Waals surface area contributed by atoms with Crippen molar-refractivity contribution in [3.8, 4) is 0 Å².